The molecule has 5 nitrogen and oxygen atoms in total. The summed E-state index contributed by atoms with van der Waals surface area (Å²) in [5, 5.41) is 0. The summed E-state index contributed by atoms with van der Waals surface area (Å²) in [6, 6.07) is 11.7. The van der Waals surface area contributed by atoms with Gasteiger partial charge in [-0.1, -0.05) is 12.1 Å². The third-order valence-corrected chi connectivity index (χ3v) is 5.24. The fraction of sp³-hybridized carbons (Fsp3) is 0.333. The number of nitrogens with one attached hydrogen (secondary N) is 1. The third-order valence-electron chi connectivity index (χ3n) is 5.24. The number of aromatic nitrogens is 2. The molecule has 0 saturated carbocycles. The lowest BCUT2D eigenvalue weighted by Gasteiger charge is -2.32. The van der Waals surface area contributed by atoms with Crippen LogP contribution in [0.4, 0.5) is 0 Å². The van der Waals surface area contributed by atoms with Crippen LogP contribution in [-0.2, 0) is 11.2 Å². The predicted molar refractivity (Wildman–Crippen MR) is 101 cm³/mol. The van der Waals surface area contributed by atoms with Crippen molar-refractivity contribution in [3.05, 3.63) is 59.9 Å². The van der Waals surface area contributed by atoms with Crippen molar-refractivity contribution < 1.29 is 9.53 Å². The molecule has 2 aromatic heterocycles. The number of ether oxygens (including phenoxy) is 1. The Bertz CT molecular complexity index is 910. The highest BCUT2D eigenvalue weighted by molar-refractivity contribution is 5.80. The summed E-state index contributed by atoms with van der Waals surface area (Å²) in [6.45, 7) is 1.60. The summed E-state index contributed by atoms with van der Waals surface area (Å²) in [7, 11) is 1.64. The molecule has 26 heavy (non-hydrogen) atoms. The van der Waals surface area contributed by atoms with Gasteiger partial charge in [0.15, 0.2) is 0 Å². The quantitative estimate of drug-likeness (QED) is 0.784. The monoisotopic (exact) mass is 349 g/mol. The van der Waals surface area contributed by atoms with Gasteiger partial charge < -0.3 is 14.6 Å². The molecular formula is C21H23N3O2. The minimum atomic E-state index is 0.189. The highest BCUT2D eigenvalue weighted by Crippen LogP contribution is 2.32. The number of piperidine rings is 1. The molecule has 1 aromatic carbocycles. The first-order chi connectivity index (χ1) is 12.7. The van der Waals surface area contributed by atoms with Crippen molar-refractivity contribution >= 4 is 16.9 Å². The maximum absolute atomic E-state index is 12.6. The van der Waals surface area contributed by atoms with E-state index in [0.717, 1.165) is 48.3 Å². The fourth-order valence-electron chi connectivity index (χ4n) is 3.80. The molecule has 3 heterocycles. The zero-order chi connectivity index (χ0) is 17.9. The minimum absolute atomic E-state index is 0.189. The standard InChI is InChI=1S/C21H23N3O2/c1-26-17-5-2-4-15(12-17)13-20(25)24-10-7-16(8-11-24)18-14-23-19-6-3-9-22-21(18)19/h2-6,9,12,14,16,23H,7-8,10-11,13H2,1H3. The van der Waals surface area contributed by atoms with E-state index < -0.39 is 0 Å². The number of methoxy groups -OCH3 is 1. The summed E-state index contributed by atoms with van der Waals surface area (Å²) in [4.78, 5) is 22.5. The maximum atomic E-state index is 12.6. The van der Waals surface area contributed by atoms with Crippen molar-refractivity contribution in [1.29, 1.82) is 0 Å². The zero-order valence-corrected chi connectivity index (χ0v) is 14.9. The van der Waals surface area contributed by atoms with Gasteiger partial charge in [-0.3, -0.25) is 9.78 Å². The molecule has 1 aliphatic rings. The molecule has 1 aliphatic heterocycles. The van der Waals surface area contributed by atoms with Crippen molar-refractivity contribution in [2.75, 3.05) is 20.2 Å². The van der Waals surface area contributed by atoms with E-state index in [1.54, 1.807) is 7.11 Å². The van der Waals surface area contributed by atoms with Gasteiger partial charge in [0.25, 0.3) is 0 Å². The Morgan fingerprint density at radius 2 is 2.12 bits per heavy atom. The van der Waals surface area contributed by atoms with Crippen LogP contribution in [0.15, 0.2) is 48.8 Å². The Labute approximate surface area is 153 Å². The maximum Gasteiger partial charge on any atom is 0.226 e. The molecule has 4 rings (SSSR count). The average molecular weight is 349 g/mol. The van der Waals surface area contributed by atoms with Crippen molar-refractivity contribution in [3.8, 4) is 5.75 Å². The molecule has 0 atom stereocenters. The van der Waals surface area contributed by atoms with Crippen molar-refractivity contribution in [1.82, 2.24) is 14.9 Å². The number of amides is 1. The van der Waals surface area contributed by atoms with Gasteiger partial charge in [-0.05, 0) is 54.2 Å². The molecule has 1 amide bonds. The number of nitrogens with zero attached hydrogens (tertiary/aromatic N) is 2. The highest BCUT2D eigenvalue weighted by Gasteiger charge is 2.25. The van der Waals surface area contributed by atoms with Gasteiger partial charge in [0.05, 0.1) is 24.6 Å². The number of fused-ring (bicyclic) bond motifs is 1. The van der Waals surface area contributed by atoms with Gasteiger partial charge in [0, 0.05) is 25.5 Å². The summed E-state index contributed by atoms with van der Waals surface area (Å²) in [6.07, 6.45) is 6.31. The Balaban J connectivity index is 1.39. The lowest BCUT2D eigenvalue weighted by Crippen LogP contribution is -2.38. The van der Waals surface area contributed by atoms with E-state index in [-0.39, 0.29) is 5.91 Å². The summed E-state index contributed by atoms with van der Waals surface area (Å²) < 4.78 is 5.24. The second kappa shape index (κ2) is 7.20. The number of benzene rings is 1. The Kier molecular flexibility index (Phi) is 4.61. The fourth-order valence-corrected chi connectivity index (χ4v) is 3.80. The number of aromatic amines is 1. The Morgan fingerprint density at radius 3 is 2.92 bits per heavy atom. The van der Waals surface area contributed by atoms with Gasteiger partial charge in [-0.2, -0.15) is 0 Å². The van der Waals surface area contributed by atoms with Crippen LogP contribution in [0.1, 0.15) is 29.9 Å². The predicted octanol–water partition coefficient (Wildman–Crippen LogP) is 3.52. The van der Waals surface area contributed by atoms with Crippen LogP contribution >= 0.6 is 0 Å². The van der Waals surface area contributed by atoms with Crippen LogP contribution in [-0.4, -0.2) is 41.0 Å². The molecule has 0 radical (unpaired) electrons. The third kappa shape index (κ3) is 3.29. The molecule has 1 saturated heterocycles. The number of carbonyl (C=O) groups excluding carboxylic acids is 1. The number of pyridine rings is 1. The van der Waals surface area contributed by atoms with Crippen LogP contribution < -0.4 is 4.74 Å². The zero-order valence-electron chi connectivity index (χ0n) is 14.9. The molecule has 5 heteroatoms. The van der Waals surface area contributed by atoms with E-state index in [1.165, 1.54) is 5.56 Å². The molecule has 1 fully saturated rings. The Morgan fingerprint density at radius 1 is 1.27 bits per heavy atom. The van der Waals surface area contributed by atoms with Crippen LogP contribution in [0.25, 0.3) is 11.0 Å². The molecule has 134 valence electrons. The first kappa shape index (κ1) is 16.6. The number of hydrogen-bond donors (Lipinski definition) is 1. The van der Waals surface area contributed by atoms with E-state index in [0.29, 0.717) is 12.3 Å². The van der Waals surface area contributed by atoms with Gasteiger partial charge >= 0.3 is 0 Å². The normalized spacial score (nSPS) is 15.3. The smallest absolute Gasteiger partial charge is 0.226 e. The van der Waals surface area contributed by atoms with Gasteiger partial charge in [-0.25, -0.2) is 0 Å². The minimum Gasteiger partial charge on any atom is -0.497 e. The molecular weight excluding hydrogens is 326 g/mol. The molecule has 0 unspecified atom stereocenters. The van der Waals surface area contributed by atoms with Crippen LogP contribution in [0.5, 0.6) is 5.75 Å². The number of hydrogen-bond acceptors (Lipinski definition) is 3. The summed E-state index contributed by atoms with van der Waals surface area (Å²) in [5.41, 5.74) is 4.42. The van der Waals surface area contributed by atoms with E-state index in [2.05, 4.69) is 22.2 Å². The molecule has 1 N–H and O–H groups in total. The number of likely N-dealkylation sites (tertiary alicyclic amines) is 1. The first-order valence-electron chi connectivity index (χ1n) is 9.07. The van der Waals surface area contributed by atoms with Crippen molar-refractivity contribution in [2.24, 2.45) is 0 Å². The van der Waals surface area contributed by atoms with Gasteiger partial charge in [-0.15, -0.1) is 0 Å². The average Bonchev–Trinajstić information content (AvgIpc) is 3.12. The topological polar surface area (TPSA) is 58.2 Å². The molecule has 0 aliphatic carbocycles. The van der Waals surface area contributed by atoms with Crippen molar-refractivity contribution in [2.45, 2.75) is 25.2 Å². The number of rotatable bonds is 4. The van der Waals surface area contributed by atoms with Crippen molar-refractivity contribution in [3.63, 3.8) is 0 Å². The van der Waals surface area contributed by atoms with E-state index in [1.807, 2.05) is 41.4 Å². The highest BCUT2D eigenvalue weighted by atomic mass is 16.5. The molecule has 0 bridgehead atoms. The molecule has 0 spiro atoms. The van der Waals surface area contributed by atoms with E-state index in [4.69, 9.17) is 4.74 Å². The van der Waals surface area contributed by atoms with Crippen LogP contribution in [0, 0.1) is 0 Å². The van der Waals surface area contributed by atoms with Gasteiger partial charge in [0.2, 0.25) is 5.91 Å². The largest absolute Gasteiger partial charge is 0.497 e. The van der Waals surface area contributed by atoms with E-state index in [9.17, 15) is 4.79 Å². The van der Waals surface area contributed by atoms with E-state index >= 15 is 0 Å². The first-order valence-corrected chi connectivity index (χ1v) is 9.07. The second-order valence-electron chi connectivity index (χ2n) is 6.83. The lowest BCUT2D eigenvalue weighted by atomic mass is 9.90. The van der Waals surface area contributed by atoms with Crippen LogP contribution in [0.3, 0.4) is 0 Å². The summed E-state index contributed by atoms with van der Waals surface area (Å²) in [5.74, 6) is 1.44. The van der Waals surface area contributed by atoms with Gasteiger partial charge in [0.1, 0.15) is 5.75 Å². The second-order valence-corrected chi connectivity index (χ2v) is 6.83. The summed E-state index contributed by atoms with van der Waals surface area (Å²) >= 11 is 0. The Hall–Kier alpha value is -2.82. The SMILES string of the molecule is COc1cccc(CC(=O)N2CCC(c3c[nH]c4cccnc34)CC2)c1. The number of H-pyrrole nitrogens is 1. The van der Waals surface area contributed by atoms with Crippen LogP contribution in [0.2, 0.25) is 0 Å². The number of carbonyl (C=O) groups is 1. The lowest BCUT2D eigenvalue weighted by molar-refractivity contribution is -0.131. The molecule has 3 aromatic rings.